The van der Waals surface area contributed by atoms with Gasteiger partial charge in [0.1, 0.15) is 0 Å². The van der Waals surface area contributed by atoms with Crippen LogP contribution in [-0.4, -0.2) is 53.0 Å². The van der Waals surface area contributed by atoms with Crippen molar-refractivity contribution in [3.8, 4) is 11.3 Å². The molecule has 1 aromatic carbocycles. The number of aromatic nitrogens is 2. The van der Waals surface area contributed by atoms with Gasteiger partial charge >= 0.3 is 0 Å². The van der Waals surface area contributed by atoms with E-state index in [9.17, 15) is 0 Å². The zero-order valence-corrected chi connectivity index (χ0v) is 14.6. The summed E-state index contributed by atoms with van der Waals surface area (Å²) < 4.78 is 0. The van der Waals surface area contributed by atoms with Gasteiger partial charge in [0.05, 0.1) is 0 Å². The lowest BCUT2D eigenvalue weighted by atomic mass is 10.1. The van der Waals surface area contributed by atoms with Gasteiger partial charge in [0, 0.05) is 72.3 Å². The van der Waals surface area contributed by atoms with E-state index < -0.39 is 0 Å². The topological polar surface area (TPSA) is 35.2 Å². The van der Waals surface area contributed by atoms with Crippen LogP contribution in [0.15, 0.2) is 42.7 Å². The number of likely N-dealkylation sites (N-methyl/N-ethyl adjacent to an activating group) is 1. The molecule has 1 aliphatic heterocycles. The molecule has 1 fully saturated rings. The number of rotatable bonds is 3. The summed E-state index contributed by atoms with van der Waals surface area (Å²) in [6, 6.07) is 10.3. The summed E-state index contributed by atoms with van der Waals surface area (Å²) in [5.41, 5.74) is 4.52. The van der Waals surface area contributed by atoms with Gasteiger partial charge in [-0.15, -0.1) is 0 Å². The summed E-state index contributed by atoms with van der Waals surface area (Å²) in [7, 11) is 2.18. The molecule has 3 aromatic rings. The SMILES string of the molecule is CN1CCN(Cc2cncc(-c3cc4ccc(Cl)cc4[nH]3)c2)CC1. The minimum absolute atomic E-state index is 0.748. The van der Waals surface area contributed by atoms with Crippen LogP contribution < -0.4 is 0 Å². The fourth-order valence-electron chi connectivity index (χ4n) is 3.24. The molecular weight excluding hydrogens is 320 g/mol. The first-order valence-corrected chi connectivity index (χ1v) is 8.69. The van der Waals surface area contributed by atoms with Crippen LogP contribution in [0.25, 0.3) is 22.2 Å². The third kappa shape index (κ3) is 3.31. The normalized spacial score (nSPS) is 16.8. The monoisotopic (exact) mass is 340 g/mol. The molecule has 124 valence electrons. The molecule has 0 aliphatic carbocycles. The molecule has 0 radical (unpaired) electrons. The molecular formula is C19H21ClN4. The number of aromatic amines is 1. The van der Waals surface area contributed by atoms with Gasteiger partial charge in [-0.2, -0.15) is 0 Å². The van der Waals surface area contributed by atoms with Crippen molar-refractivity contribution in [1.29, 1.82) is 0 Å². The smallest absolute Gasteiger partial charge is 0.0480 e. The maximum atomic E-state index is 6.08. The molecule has 0 atom stereocenters. The number of fused-ring (bicyclic) bond motifs is 1. The summed E-state index contributed by atoms with van der Waals surface area (Å²) in [6.45, 7) is 5.46. The Labute approximate surface area is 147 Å². The van der Waals surface area contributed by atoms with Crippen molar-refractivity contribution in [2.75, 3.05) is 33.2 Å². The van der Waals surface area contributed by atoms with Gasteiger partial charge in [-0.3, -0.25) is 9.88 Å². The molecule has 1 aliphatic rings. The number of nitrogens with one attached hydrogen (secondary N) is 1. The standard InChI is InChI=1S/C19H21ClN4/c1-23-4-6-24(7-5-23)13-14-8-16(12-21-11-14)18-9-15-2-3-17(20)10-19(15)22-18/h2-3,8-12,22H,4-7,13H2,1H3. The molecule has 0 saturated carbocycles. The summed E-state index contributed by atoms with van der Waals surface area (Å²) in [6.07, 6.45) is 3.89. The maximum Gasteiger partial charge on any atom is 0.0480 e. The van der Waals surface area contributed by atoms with E-state index in [0.29, 0.717) is 0 Å². The Morgan fingerprint density at radius 3 is 2.75 bits per heavy atom. The van der Waals surface area contributed by atoms with E-state index in [1.807, 2.05) is 30.6 Å². The number of H-pyrrole nitrogens is 1. The average molecular weight is 341 g/mol. The van der Waals surface area contributed by atoms with E-state index in [1.165, 1.54) is 10.9 Å². The third-order valence-electron chi connectivity index (χ3n) is 4.69. The number of halogens is 1. The Morgan fingerprint density at radius 2 is 1.92 bits per heavy atom. The number of hydrogen-bond donors (Lipinski definition) is 1. The van der Waals surface area contributed by atoms with Gasteiger partial charge in [-0.1, -0.05) is 17.7 Å². The second-order valence-corrected chi connectivity index (χ2v) is 7.01. The third-order valence-corrected chi connectivity index (χ3v) is 4.93. The zero-order valence-electron chi connectivity index (χ0n) is 13.8. The Hall–Kier alpha value is -1.88. The second-order valence-electron chi connectivity index (χ2n) is 6.58. The Morgan fingerprint density at radius 1 is 1.08 bits per heavy atom. The summed E-state index contributed by atoms with van der Waals surface area (Å²) in [4.78, 5) is 12.8. The highest BCUT2D eigenvalue weighted by Crippen LogP contribution is 2.26. The van der Waals surface area contributed by atoms with Gasteiger partial charge < -0.3 is 9.88 Å². The van der Waals surface area contributed by atoms with Crippen LogP contribution in [0, 0.1) is 0 Å². The number of benzene rings is 1. The number of nitrogens with zero attached hydrogens (tertiary/aromatic N) is 3. The van der Waals surface area contributed by atoms with E-state index in [0.717, 1.165) is 54.5 Å². The van der Waals surface area contributed by atoms with Crippen molar-refractivity contribution in [2.45, 2.75) is 6.54 Å². The first-order chi connectivity index (χ1) is 11.7. The van der Waals surface area contributed by atoms with E-state index in [2.05, 4.69) is 38.9 Å². The van der Waals surface area contributed by atoms with Crippen LogP contribution in [-0.2, 0) is 6.54 Å². The van der Waals surface area contributed by atoms with Crippen LogP contribution in [0.4, 0.5) is 0 Å². The first-order valence-electron chi connectivity index (χ1n) is 8.31. The molecule has 2 aromatic heterocycles. The molecule has 0 bridgehead atoms. The van der Waals surface area contributed by atoms with Crippen LogP contribution in [0.1, 0.15) is 5.56 Å². The molecule has 4 rings (SSSR count). The van der Waals surface area contributed by atoms with E-state index >= 15 is 0 Å². The van der Waals surface area contributed by atoms with Crippen molar-refractivity contribution in [2.24, 2.45) is 0 Å². The van der Waals surface area contributed by atoms with Crippen LogP contribution in [0.5, 0.6) is 0 Å². The maximum absolute atomic E-state index is 6.08. The zero-order chi connectivity index (χ0) is 16.5. The van der Waals surface area contributed by atoms with Crippen molar-refractivity contribution in [1.82, 2.24) is 19.8 Å². The summed E-state index contributed by atoms with van der Waals surface area (Å²) in [5.74, 6) is 0. The minimum atomic E-state index is 0.748. The van der Waals surface area contributed by atoms with E-state index in [1.54, 1.807) is 0 Å². The number of pyridine rings is 1. The fourth-order valence-corrected chi connectivity index (χ4v) is 3.41. The predicted molar refractivity (Wildman–Crippen MR) is 99.3 cm³/mol. The molecule has 24 heavy (non-hydrogen) atoms. The Balaban J connectivity index is 1.57. The van der Waals surface area contributed by atoms with Gasteiger partial charge in [-0.05, 0) is 36.9 Å². The highest BCUT2D eigenvalue weighted by molar-refractivity contribution is 6.31. The summed E-state index contributed by atoms with van der Waals surface area (Å²) in [5, 5.41) is 1.91. The Kier molecular flexibility index (Phi) is 4.27. The lowest BCUT2D eigenvalue weighted by molar-refractivity contribution is 0.148. The molecule has 4 nitrogen and oxygen atoms in total. The quantitative estimate of drug-likeness (QED) is 0.790. The van der Waals surface area contributed by atoms with E-state index in [-0.39, 0.29) is 0 Å². The molecule has 5 heteroatoms. The van der Waals surface area contributed by atoms with Crippen LogP contribution in [0.3, 0.4) is 0 Å². The molecule has 0 unspecified atom stereocenters. The van der Waals surface area contributed by atoms with Crippen LogP contribution >= 0.6 is 11.6 Å². The highest BCUT2D eigenvalue weighted by atomic mass is 35.5. The van der Waals surface area contributed by atoms with Gasteiger partial charge in [0.25, 0.3) is 0 Å². The summed E-state index contributed by atoms with van der Waals surface area (Å²) >= 11 is 6.08. The van der Waals surface area contributed by atoms with Crippen LogP contribution in [0.2, 0.25) is 5.02 Å². The van der Waals surface area contributed by atoms with E-state index in [4.69, 9.17) is 11.6 Å². The molecule has 1 N–H and O–H groups in total. The Bertz CT molecular complexity index is 849. The predicted octanol–water partition coefficient (Wildman–Crippen LogP) is 3.63. The number of piperazine rings is 1. The average Bonchev–Trinajstić information content (AvgIpc) is 3.00. The molecule has 0 amide bonds. The van der Waals surface area contributed by atoms with Gasteiger partial charge in [-0.25, -0.2) is 0 Å². The lowest BCUT2D eigenvalue weighted by Gasteiger charge is -2.32. The minimum Gasteiger partial charge on any atom is -0.354 e. The van der Waals surface area contributed by atoms with Crippen molar-refractivity contribution in [3.63, 3.8) is 0 Å². The molecule has 1 saturated heterocycles. The lowest BCUT2D eigenvalue weighted by Crippen LogP contribution is -2.43. The van der Waals surface area contributed by atoms with Crippen molar-refractivity contribution >= 4 is 22.5 Å². The molecule has 0 spiro atoms. The van der Waals surface area contributed by atoms with Crippen molar-refractivity contribution in [3.05, 3.63) is 53.3 Å². The first kappa shape index (κ1) is 15.6. The molecule has 3 heterocycles. The van der Waals surface area contributed by atoms with Crippen molar-refractivity contribution < 1.29 is 0 Å². The number of hydrogen-bond acceptors (Lipinski definition) is 3. The second kappa shape index (κ2) is 6.55. The van der Waals surface area contributed by atoms with Gasteiger partial charge in [0.15, 0.2) is 0 Å². The highest BCUT2D eigenvalue weighted by Gasteiger charge is 2.14. The van der Waals surface area contributed by atoms with Gasteiger partial charge in [0.2, 0.25) is 0 Å². The largest absolute Gasteiger partial charge is 0.354 e. The fraction of sp³-hybridized carbons (Fsp3) is 0.316.